The smallest absolute Gasteiger partial charge is 0.347 e. The summed E-state index contributed by atoms with van der Waals surface area (Å²) in [5.74, 6) is 0.902. The maximum Gasteiger partial charge on any atom is 0.347 e. The quantitative estimate of drug-likeness (QED) is 0.365. The molecule has 3 aromatic heterocycles. The Labute approximate surface area is 192 Å². The van der Waals surface area contributed by atoms with E-state index in [4.69, 9.17) is 13.6 Å². The minimum Gasteiger partial charge on any atom is -0.497 e. The molecule has 7 nitrogen and oxygen atoms in total. The van der Waals surface area contributed by atoms with Crippen LogP contribution >= 0.6 is 11.3 Å². The monoisotopic (exact) mass is 460 g/mol. The molecular formula is C25H20N2O5S. The van der Waals surface area contributed by atoms with E-state index in [1.807, 2.05) is 36.6 Å². The lowest BCUT2D eigenvalue weighted by atomic mass is 10.0. The molecule has 3 heterocycles. The molecule has 0 aliphatic heterocycles. The molecule has 33 heavy (non-hydrogen) atoms. The molecule has 0 saturated carbocycles. The van der Waals surface area contributed by atoms with Crippen LogP contribution in [0.2, 0.25) is 0 Å². The van der Waals surface area contributed by atoms with Crippen LogP contribution in [0.5, 0.6) is 5.75 Å². The molecule has 1 N–H and O–H groups in total. The van der Waals surface area contributed by atoms with E-state index in [0.717, 1.165) is 16.3 Å². The van der Waals surface area contributed by atoms with E-state index in [0.29, 0.717) is 40.2 Å². The molecule has 0 spiro atoms. The Morgan fingerprint density at radius 1 is 1.12 bits per heavy atom. The second-order valence-electron chi connectivity index (χ2n) is 7.54. The minimum atomic E-state index is -0.537. The highest BCUT2D eigenvalue weighted by Crippen LogP contribution is 2.36. The van der Waals surface area contributed by atoms with Gasteiger partial charge in [0.2, 0.25) is 5.91 Å². The molecule has 0 saturated heterocycles. The van der Waals surface area contributed by atoms with Crippen molar-refractivity contribution >= 4 is 39.2 Å². The number of carbonyl (C=O) groups is 1. The fourth-order valence-electron chi connectivity index (χ4n) is 3.81. The third kappa shape index (κ3) is 4.01. The Hall–Kier alpha value is -3.91. The third-order valence-electron chi connectivity index (χ3n) is 5.37. The highest BCUT2D eigenvalue weighted by molar-refractivity contribution is 7.09. The van der Waals surface area contributed by atoms with Crippen LogP contribution in [-0.2, 0) is 17.8 Å². The highest BCUT2D eigenvalue weighted by Gasteiger charge is 2.24. The van der Waals surface area contributed by atoms with Crippen LogP contribution in [0, 0.1) is 6.92 Å². The van der Waals surface area contributed by atoms with Gasteiger partial charge in [-0.05, 0) is 43.3 Å². The van der Waals surface area contributed by atoms with E-state index in [1.165, 1.54) is 11.3 Å². The standard InChI is InChI=1S/C25H20N2O5S/c1-14-27-16(13-33-14)12-26-21(28)11-19-22-24(18-5-3-4-6-20(18)31-25(22)29)32-23(19)15-7-9-17(30-2)10-8-15/h3-10,13H,11-12H2,1-2H3,(H,26,28). The number of amides is 1. The first-order valence-electron chi connectivity index (χ1n) is 10.3. The molecule has 0 aliphatic carbocycles. The van der Waals surface area contributed by atoms with Gasteiger partial charge in [-0.2, -0.15) is 0 Å². The number of aryl methyl sites for hydroxylation is 1. The number of hydrogen-bond donors (Lipinski definition) is 1. The number of para-hydroxylation sites is 1. The van der Waals surface area contributed by atoms with Crippen molar-refractivity contribution in [1.29, 1.82) is 0 Å². The van der Waals surface area contributed by atoms with Gasteiger partial charge in [0.15, 0.2) is 5.58 Å². The van der Waals surface area contributed by atoms with E-state index in [-0.39, 0.29) is 17.7 Å². The average molecular weight is 461 g/mol. The molecule has 166 valence electrons. The summed E-state index contributed by atoms with van der Waals surface area (Å²) in [6.45, 7) is 2.23. The molecule has 1 amide bonds. The summed E-state index contributed by atoms with van der Waals surface area (Å²) in [5, 5.41) is 6.67. The predicted molar refractivity (Wildman–Crippen MR) is 127 cm³/mol. The number of nitrogens with zero attached hydrogens (tertiary/aromatic N) is 1. The van der Waals surface area contributed by atoms with Crippen molar-refractivity contribution in [3.63, 3.8) is 0 Å². The van der Waals surface area contributed by atoms with Gasteiger partial charge in [0, 0.05) is 16.5 Å². The maximum absolute atomic E-state index is 12.9. The molecule has 0 unspecified atom stereocenters. The summed E-state index contributed by atoms with van der Waals surface area (Å²) in [6, 6.07) is 14.5. The second-order valence-corrected chi connectivity index (χ2v) is 8.60. The van der Waals surface area contributed by atoms with Crippen molar-refractivity contribution in [2.45, 2.75) is 19.9 Å². The molecule has 0 atom stereocenters. The fourth-order valence-corrected chi connectivity index (χ4v) is 4.42. The number of furan rings is 1. The summed E-state index contributed by atoms with van der Waals surface area (Å²) in [4.78, 5) is 30.2. The third-order valence-corrected chi connectivity index (χ3v) is 6.19. The van der Waals surface area contributed by atoms with Crippen molar-refractivity contribution < 1.29 is 18.4 Å². The van der Waals surface area contributed by atoms with E-state index < -0.39 is 5.63 Å². The Morgan fingerprint density at radius 3 is 2.64 bits per heavy atom. The summed E-state index contributed by atoms with van der Waals surface area (Å²) in [7, 11) is 1.59. The zero-order valence-corrected chi connectivity index (χ0v) is 18.8. The number of benzene rings is 2. The van der Waals surface area contributed by atoms with Crippen LogP contribution in [0.25, 0.3) is 33.3 Å². The Morgan fingerprint density at radius 2 is 1.91 bits per heavy atom. The first-order valence-corrected chi connectivity index (χ1v) is 11.2. The van der Waals surface area contributed by atoms with Crippen LogP contribution in [0.1, 0.15) is 16.3 Å². The van der Waals surface area contributed by atoms with Crippen molar-refractivity contribution in [2.24, 2.45) is 0 Å². The molecule has 0 bridgehead atoms. The lowest BCUT2D eigenvalue weighted by Gasteiger charge is -2.06. The van der Waals surface area contributed by atoms with E-state index in [9.17, 15) is 9.59 Å². The average Bonchev–Trinajstić information content (AvgIpc) is 3.42. The SMILES string of the molecule is COc1ccc(-c2oc3c(c2CC(=O)NCc2csc(C)n2)c(=O)oc2ccccc23)cc1. The molecule has 0 aliphatic rings. The Bertz CT molecular complexity index is 1530. The molecule has 5 rings (SSSR count). The van der Waals surface area contributed by atoms with Gasteiger partial charge >= 0.3 is 5.63 Å². The zero-order valence-electron chi connectivity index (χ0n) is 18.0. The first kappa shape index (κ1) is 21.0. The number of nitrogens with one attached hydrogen (secondary N) is 1. The van der Waals surface area contributed by atoms with Crippen LogP contribution in [0.15, 0.2) is 67.5 Å². The van der Waals surface area contributed by atoms with Crippen LogP contribution in [0.4, 0.5) is 0 Å². The van der Waals surface area contributed by atoms with Gasteiger partial charge < -0.3 is 18.9 Å². The molecule has 0 radical (unpaired) electrons. The number of methoxy groups -OCH3 is 1. The number of thiazole rings is 1. The summed E-state index contributed by atoms with van der Waals surface area (Å²) >= 11 is 1.53. The van der Waals surface area contributed by atoms with E-state index in [2.05, 4.69) is 10.3 Å². The van der Waals surface area contributed by atoms with Crippen molar-refractivity contribution in [2.75, 3.05) is 7.11 Å². The molecular weight excluding hydrogens is 440 g/mol. The molecule has 5 aromatic rings. The Balaban J connectivity index is 1.60. The van der Waals surface area contributed by atoms with Crippen molar-refractivity contribution in [1.82, 2.24) is 10.3 Å². The van der Waals surface area contributed by atoms with Gasteiger partial charge in [0.25, 0.3) is 0 Å². The molecule has 0 fully saturated rings. The number of carbonyl (C=O) groups excluding carboxylic acids is 1. The number of hydrogen-bond acceptors (Lipinski definition) is 7. The molecule has 8 heteroatoms. The fraction of sp³-hybridized carbons (Fsp3) is 0.160. The zero-order chi connectivity index (χ0) is 22.9. The summed E-state index contributed by atoms with van der Waals surface area (Å²) < 4.78 is 17.0. The topological polar surface area (TPSA) is 94.6 Å². The Kier molecular flexibility index (Phi) is 5.43. The summed E-state index contributed by atoms with van der Waals surface area (Å²) in [5.41, 5.74) is 2.31. The number of fused-ring (bicyclic) bond motifs is 3. The molecule has 2 aromatic carbocycles. The minimum absolute atomic E-state index is 0.0411. The van der Waals surface area contributed by atoms with Crippen molar-refractivity contribution in [3.05, 3.63) is 80.6 Å². The van der Waals surface area contributed by atoms with Gasteiger partial charge in [0.05, 0.1) is 36.2 Å². The predicted octanol–water partition coefficient (Wildman–Crippen LogP) is 4.84. The van der Waals surface area contributed by atoms with Gasteiger partial charge in [-0.15, -0.1) is 11.3 Å². The second kappa shape index (κ2) is 8.55. The lowest BCUT2D eigenvalue weighted by molar-refractivity contribution is -0.120. The maximum atomic E-state index is 12.9. The van der Waals surface area contributed by atoms with Gasteiger partial charge in [0.1, 0.15) is 22.5 Å². The highest BCUT2D eigenvalue weighted by atomic mass is 32.1. The van der Waals surface area contributed by atoms with Crippen LogP contribution in [0.3, 0.4) is 0 Å². The van der Waals surface area contributed by atoms with Crippen LogP contribution < -0.4 is 15.7 Å². The van der Waals surface area contributed by atoms with Crippen molar-refractivity contribution in [3.8, 4) is 17.1 Å². The van der Waals surface area contributed by atoms with Crippen LogP contribution in [-0.4, -0.2) is 18.0 Å². The largest absolute Gasteiger partial charge is 0.497 e. The van der Waals surface area contributed by atoms with Gasteiger partial charge in [-0.1, -0.05) is 12.1 Å². The van der Waals surface area contributed by atoms with E-state index >= 15 is 0 Å². The lowest BCUT2D eigenvalue weighted by Crippen LogP contribution is -2.25. The van der Waals surface area contributed by atoms with E-state index in [1.54, 1.807) is 31.4 Å². The number of aromatic nitrogens is 1. The van der Waals surface area contributed by atoms with Gasteiger partial charge in [-0.25, -0.2) is 9.78 Å². The first-order chi connectivity index (χ1) is 16.0. The number of rotatable bonds is 6. The summed E-state index contributed by atoms with van der Waals surface area (Å²) in [6.07, 6.45) is -0.0411. The van der Waals surface area contributed by atoms with Gasteiger partial charge in [-0.3, -0.25) is 4.79 Å². The normalized spacial score (nSPS) is 11.2. The number of ether oxygens (including phenoxy) is 1.